The van der Waals surface area contributed by atoms with Gasteiger partial charge in [0.2, 0.25) is 5.78 Å². The molecule has 0 atom stereocenters. The number of phenols is 1. The van der Waals surface area contributed by atoms with Crippen LogP contribution in [0.15, 0.2) is 41.4 Å². The van der Waals surface area contributed by atoms with Gasteiger partial charge in [0.05, 0.1) is 5.69 Å². The number of phenolic OH excluding ortho intramolecular Hbond substituents is 1. The number of aliphatic imine (C=N–C) groups is 1. The lowest BCUT2D eigenvalue weighted by molar-refractivity contribution is -0.108. The summed E-state index contributed by atoms with van der Waals surface area (Å²) in [6.07, 6.45) is 4.40. The number of aromatic hydroxyl groups is 1. The molecule has 8 heteroatoms. The number of carbonyl (C=O) groups excluding carboxylic acids is 3. The standard InChI is InChI=1S/C18H20N4O4/c1-21(2)17(25)19-13-9-11(5-7-15(13)23)12-6-8-16(24)14(10-12)20-18(26)22(3)4/h5-10,23H,1-4H3,(H,19,25)/b20-14+. The molecule has 2 N–H and O–H groups in total. The fraction of sp³-hybridized carbons (Fsp3) is 0.222. The summed E-state index contributed by atoms with van der Waals surface area (Å²) in [6.45, 7) is 0. The first-order chi connectivity index (χ1) is 12.2. The number of nitrogens with one attached hydrogen (secondary N) is 1. The van der Waals surface area contributed by atoms with Crippen molar-refractivity contribution >= 4 is 34.8 Å². The fourth-order valence-corrected chi connectivity index (χ4v) is 2.03. The number of ketones is 1. The monoisotopic (exact) mass is 356 g/mol. The molecular weight excluding hydrogens is 336 g/mol. The average Bonchev–Trinajstić information content (AvgIpc) is 2.58. The molecule has 1 aromatic carbocycles. The van der Waals surface area contributed by atoms with Crippen molar-refractivity contribution in [1.29, 1.82) is 0 Å². The number of allylic oxidation sites excluding steroid dienone is 4. The first-order valence-electron chi connectivity index (χ1n) is 7.75. The predicted octanol–water partition coefficient (Wildman–Crippen LogP) is 2.13. The second-order valence-corrected chi connectivity index (χ2v) is 6.03. The molecule has 1 aliphatic carbocycles. The molecule has 0 spiro atoms. The molecule has 0 aliphatic heterocycles. The summed E-state index contributed by atoms with van der Waals surface area (Å²) in [7, 11) is 6.25. The van der Waals surface area contributed by atoms with Gasteiger partial charge in [-0.25, -0.2) is 9.59 Å². The Morgan fingerprint density at radius 1 is 1.08 bits per heavy atom. The third kappa shape index (κ3) is 4.35. The molecule has 0 radical (unpaired) electrons. The summed E-state index contributed by atoms with van der Waals surface area (Å²) in [6, 6.07) is 3.73. The Bertz CT molecular complexity index is 851. The third-order valence-corrected chi connectivity index (χ3v) is 3.54. The van der Waals surface area contributed by atoms with Crippen LogP contribution in [-0.2, 0) is 4.79 Å². The Morgan fingerprint density at radius 3 is 2.38 bits per heavy atom. The second-order valence-electron chi connectivity index (χ2n) is 6.03. The van der Waals surface area contributed by atoms with E-state index in [-0.39, 0.29) is 29.0 Å². The fourth-order valence-electron chi connectivity index (χ4n) is 2.03. The van der Waals surface area contributed by atoms with Crippen LogP contribution in [0.5, 0.6) is 5.75 Å². The lowest BCUT2D eigenvalue weighted by Crippen LogP contribution is -2.27. The van der Waals surface area contributed by atoms with Crippen LogP contribution in [0, 0.1) is 0 Å². The summed E-state index contributed by atoms with van der Waals surface area (Å²) in [5.74, 6) is -0.457. The Morgan fingerprint density at radius 2 is 1.77 bits per heavy atom. The molecule has 4 amide bonds. The van der Waals surface area contributed by atoms with Crippen LogP contribution in [0.3, 0.4) is 0 Å². The van der Waals surface area contributed by atoms with Gasteiger partial charge < -0.3 is 20.2 Å². The zero-order valence-corrected chi connectivity index (χ0v) is 15.0. The average molecular weight is 356 g/mol. The number of anilines is 1. The molecule has 0 aromatic heterocycles. The Labute approximate surface area is 151 Å². The summed E-state index contributed by atoms with van der Waals surface area (Å²) < 4.78 is 0. The van der Waals surface area contributed by atoms with Gasteiger partial charge >= 0.3 is 12.1 Å². The zero-order chi connectivity index (χ0) is 19.4. The molecule has 26 heavy (non-hydrogen) atoms. The van der Waals surface area contributed by atoms with E-state index in [1.165, 1.54) is 28.0 Å². The number of amides is 4. The van der Waals surface area contributed by atoms with E-state index >= 15 is 0 Å². The highest BCUT2D eigenvalue weighted by Crippen LogP contribution is 2.29. The maximum Gasteiger partial charge on any atom is 0.343 e. The number of hydrogen-bond donors (Lipinski definition) is 2. The van der Waals surface area contributed by atoms with E-state index in [2.05, 4.69) is 10.3 Å². The van der Waals surface area contributed by atoms with Crippen molar-refractivity contribution in [3.05, 3.63) is 42.0 Å². The van der Waals surface area contributed by atoms with Gasteiger partial charge in [-0.2, -0.15) is 4.99 Å². The van der Waals surface area contributed by atoms with Crippen molar-refractivity contribution in [3.63, 3.8) is 0 Å². The van der Waals surface area contributed by atoms with Gasteiger partial charge in [0.15, 0.2) is 0 Å². The lowest BCUT2D eigenvalue weighted by atomic mass is 9.97. The van der Waals surface area contributed by atoms with Crippen molar-refractivity contribution in [2.45, 2.75) is 0 Å². The highest BCUT2D eigenvalue weighted by atomic mass is 16.3. The van der Waals surface area contributed by atoms with Gasteiger partial charge in [0.1, 0.15) is 11.5 Å². The van der Waals surface area contributed by atoms with E-state index in [1.807, 2.05) is 0 Å². The van der Waals surface area contributed by atoms with Crippen LogP contribution in [0.2, 0.25) is 0 Å². The number of hydrogen-bond acceptors (Lipinski definition) is 4. The van der Waals surface area contributed by atoms with Crippen LogP contribution in [0.1, 0.15) is 5.56 Å². The van der Waals surface area contributed by atoms with Gasteiger partial charge in [0.25, 0.3) is 0 Å². The first kappa shape index (κ1) is 18.9. The van der Waals surface area contributed by atoms with Gasteiger partial charge in [-0.15, -0.1) is 0 Å². The number of urea groups is 2. The van der Waals surface area contributed by atoms with E-state index < -0.39 is 6.03 Å². The van der Waals surface area contributed by atoms with Crippen LogP contribution in [0.25, 0.3) is 5.57 Å². The van der Waals surface area contributed by atoms with Crippen molar-refractivity contribution in [3.8, 4) is 5.75 Å². The molecule has 0 saturated heterocycles. The molecule has 0 unspecified atom stereocenters. The van der Waals surface area contributed by atoms with Crippen LogP contribution in [-0.4, -0.2) is 66.7 Å². The van der Waals surface area contributed by atoms with Gasteiger partial charge in [-0.3, -0.25) is 4.79 Å². The molecule has 1 aromatic rings. The van der Waals surface area contributed by atoms with Crippen LogP contribution < -0.4 is 5.32 Å². The maximum atomic E-state index is 11.9. The summed E-state index contributed by atoms with van der Waals surface area (Å²) in [4.78, 5) is 41.9. The Kier molecular flexibility index (Phi) is 5.56. The van der Waals surface area contributed by atoms with E-state index in [0.29, 0.717) is 11.1 Å². The molecule has 0 fully saturated rings. The summed E-state index contributed by atoms with van der Waals surface area (Å²) in [5.41, 5.74) is 1.52. The zero-order valence-electron chi connectivity index (χ0n) is 15.0. The molecule has 0 saturated carbocycles. The summed E-state index contributed by atoms with van der Waals surface area (Å²) in [5, 5.41) is 12.5. The molecule has 0 heterocycles. The molecule has 136 valence electrons. The van der Waals surface area contributed by atoms with Crippen molar-refractivity contribution in [1.82, 2.24) is 9.80 Å². The van der Waals surface area contributed by atoms with Gasteiger partial charge in [-0.1, -0.05) is 12.1 Å². The van der Waals surface area contributed by atoms with Crippen LogP contribution >= 0.6 is 0 Å². The normalized spacial score (nSPS) is 14.8. The van der Waals surface area contributed by atoms with Crippen molar-refractivity contribution in [2.75, 3.05) is 33.5 Å². The Balaban J connectivity index is 2.38. The maximum absolute atomic E-state index is 11.9. The minimum absolute atomic E-state index is 0.0214. The highest BCUT2D eigenvalue weighted by molar-refractivity contribution is 6.51. The number of nitrogens with zero attached hydrogens (tertiary/aromatic N) is 3. The topological polar surface area (TPSA) is 102 Å². The first-order valence-corrected chi connectivity index (χ1v) is 7.75. The van der Waals surface area contributed by atoms with Gasteiger partial charge in [0, 0.05) is 28.2 Å². The number of carbonyl (C=O) groups is 3. The van der Waals surface area contributed by atoms with Crippen molar-refractivity contribution < 1.29 is 19.5 Å². The SMILES string of the molecule is CN(C)C(=O)/N=C1\C=C(c2ccc(O)c(NC(=O)N(C)C)c2)C=CC1=O. The van der Waals surface area contributed by atoms with E-state index in [0.717, 1.165) is 0 Å². The lowest BCUT2D eigenvalue weighted by Gasteiger charge is -2.15. The van der Waals surface area contributed by atoms with Gasteiger partial charge in [-0.05, 0) is 35.4 Å². The minimum atomic E-state index is -0.538. The highest BCUT2D eigenvalue weighted by Gasteiger charge is 2.17. The van der Waals surface area contributed by atoms with E-state index in [1.54, 1.807) is 46.4 Å². The third-order valence-electron chi connectivity index (χ3n) is 3.54. The quantitative estimate of drug-likeness (QED) is 0.626. The Hall–Kier alpha value is -3.42. The van der Waals surface area contributed by atoms with E-state index in [9.17, 15) is 19.5 Å². The minimum Gasteiger partial charge on any atom is -0.506 e. The molecular formula is C18H20N4O4. The largest absolute Gasteiger partial charge is 0.506 e. The second kappa shape index (κ2) is 7.64. The number of rotatable bonds is 2. The summed E-state index contributed by atoms with van der Waals surface area (Å²) >= 11 is 0. The molecule has 0 bridgehead atoms. The molecule has 8 nitrogen and oxygen atoms in total. The van der Waals surface area contributed by atoms with Crippen LogP contribution in [0.4, 0.5) is 15.3 Å². The molecule has 1 aliphatic rings. The predicted molar refractivity (Wildman–Crippen MR) is 99.5 cm³/mol. The van der Waals surface area contributed by atoms with E-state index in [4.69, 9.17) is 0 Å². The smallest absolute Gasteiger partial charge is 0.343 e. The van der Waals surface area contributed by atoms with Crippen molar-refractivity contribution in [2.24, 2.45) is 4.99 Å². The molecule has 2 rings (SSSR count). The number of benzene rings is 1.